The maximum Gasteiger partial charge on any atom is 0.297 e. The minimum Gasteiger partial charge on any atom is -0.426 e. The lowest BCUT2D eigenvalue weighted by atomic mass is 10.1. The van der Waals surface area contributed by atoms with E-state index in [4.69, 9.17) is 17.0 Å². The molecule has 5 nitrogen and oxygen atoms in total. The molecular formula is C17H20N2O3S. The Morgan fingerprint density at radius 1 is 1.26 bits per heavy atom. The summed E-state index contributed by atoms with van der Waals surface area (Å²) in [7, 11) is 1.71. The zero-order valence-corrected chi connectivity index (χ0v) is 14.7. The van der Waals surface area contributed by atoms with Gasteiger partial charge in [-0.2, -0.15) is 0 Å². The van der Waals surface area contributed by atoms with Gasteiger partial charge in [0.1, 0.15) is 0 Å². The zero-order chi connectivity index (χ0) is 17.4. The molecule has 6 heteroatoms. The number of thiocarbonyl (C=S) groups is 1. The largest absolute Gasteiger partial charge is 0.426 e. The number of ether oxygens (including phenoxy) is 1. The maximum absolute atomic E-state index is 12.4. The first kappa shape index (κ1) is 17.1. The van der Waals surface area contributed by atoms with Crippen molar-refractivity contribution >= 4 is 41.0 Å². The number of nitrogens with zero attached hydrogens (tertiary/aromatic N) is 2. The van der Waals surface area contributed by atoms with Crippen LogP contribution in [0.5, 0.6) is 0 Å². The molecule has 2 rings (SSSR count). The normalized spacial score (nSPS) is 16.7. The van der Waals surface area contributed by atoms with Crippen LogP contribution in [-0.4, -0.2) is 34.5 Å². The zero-order valence-electron chi connectivity index (χ0n) is 13.9. The van der Waals surface area contributed by atoms with Crippen LogP contribution in [0.4, 0.5) is 5.69 Å². The fourth-order valence-electron chi connectivity index (χ4n) is 2.17. The van der Waals surface area contributed by atoms with E-state index in [0.717, 1.165) is 11.3 Å². The fraction of sp³-hybridized carbons (Fsp3) is 0.353. The Morgan fingerprint density at radius 2 is 1.83 bits per heavy atom. The Hall–Kier alpha value is -2.21. The van der Waals surface area contributed by atoms with Crippen LogP contribution < -0.4 is 4.90 Å². The van der Waals surface area contributed by atoms with E-state index in [1.165, 1.54) is 11.8 Å². The number of rotatable bonds is 2. The lowest BCUT2D eigenvalue weighted by molar-refractivity contribution is -0.125. The van der Waals surface area contributed by atoms with Gasteiger partial charge < -0.3 is 9.64 Å². The minimum atomic E-state index is -0.433. The molecule has 0 radical (unpaired) electrons. The van der Waals surface area contributed by atoms with Crippen molar-refractivity contribution < 1.29 is 14.3 Å². The molecule has 23 heavy (non-hydrogen) atoms. The van der Waals surface area contributed by atoms with Gasteiger partial charge in [-0.3, -0.25) is 14.5 Å². The summed E-state index contributed by atoms with van der Waals surface area (Å²) in [4.78, 5) is 26.8. The van der Waals surface area contributed by atoms with Crippen molar-refractivity contribution in [1.29, 1.82) is 0 Å². The third-order valence-electron chi connectivity index (χ3n) is 3.52. The molecule has 0 bridgehead atoms. The molecule has 1 aliphatic heterocycles. The molecule has 0 unspecified atom stereocenters. The molecule has 0 saturated carbocycles. The fourth-order valence-corrected chi connectivity index (χ4v) is 2.62. The molecular weight excluding hydrogens is 312 g/mol. The standard InChI is InChI=1S/C17H20N2O3S/c1-11(20)18(5)13-8-6-12(7-9-13)10-14-15(21)19(16(23)22-14)17(2,3)4/h6-10H,1-5H3. The summed E-state index contributed by atoms with van der Waals surface area (Å²) in [6.07, 6.45) is 1.65. The van der Waals surface area contributed by atoms with E-state index in [9.17, 15) is 9.59 Å². The lowest BCUT2D eigenvalue weighted by Crippen LogP contribution is -2.44. The number of carbonyl (C=O) groups excluding carboxylic acids is 2. The van der Waals surface area contributed by atoms with Crippen LogP contribution in [0, 0.1) is 0 Å². The van der Waals surface area contributed by atoms with Crippen molar-refractivity contribution in [3.05, 3.63) is 35.6 Å². The Labute approximate surface area is 141 Å². The summed E-state index contributed by atoms with van der Waals surface area (Å²) in [6, 6.07) is 7.27. The second-order valence-corrected chi connectivity index (χ2v) is 6.71. The third-order valence-corrected chi connectivity index (χ3v) is 3.78. The van der Waals surface area contributed by atoms with Crippen LogP contribution in [0.1, 0.15) is 33.3 Å². The quantitative estimate of drug-likeness (QED) is 0.617. The van der Waals surface area contributed by atoms with Gasteiger partial charge in [0, 0.05) is 25.2 Å². The van der Waals surface area contributed by atoms with E-state index in [1.54, 1.807) is 18.0 Å². The maximum atomic E-state index is 12.4. The number of benzene rings is 1. The molecule has 1 aromatic carbocycles. The van der Waals surface area contributed by atoms with Crippen molar-refractivity contribution in [1.82, 2.24) is 4.90 Å². The predicted octanol–water partition coefficient (Wildman–Crippen LogP) is 2.95. The Bertz CT molecular complexity index is 687. The Balaban J connectivity index is 2.25. The minimum absolute atomic E-state index is 0.0448. The van der Waals surface area contributed by atoms with Gasteiger partial charge in [-0.1, -0.05) is 12.1 Å². The Morgan fingerprint density at radius 3 is 2.26 bits per heavy atom. The molecule has 1 saturated heterocycles. The van der Waals surface area contributed by atoms with Crippen molar-refractivity contribution in [2.45, 2.75) is 33.2 Å². The molecule has 1 fully saturated rings. The third kappa shape index (κ3) is 3.59. The molecule has 2 amide bonds. The number of hydrogen-bond donors (Lipinski definition) is 0. The van der Waals surface area contributed by atoms with E-state index in [0.29, 0.717) is 0 Å². The first-order valence-corrected chi connectivity index (χ1v) is 7.64. The number of carbonyl (C=O) groups is 2. The van der Waals surface area contributed by atoms with Crippen molar-refractivity contribution in [2.24, 2.45) is 0 Å². The average Bonchev–Trinajstić information content (AvgIpc) is 2.73. The summed E-state index contributed by atoms with van der Waals surface area (Å²) in [5, 5.41) is 0.168. The first-order chi connectivity index (χ1) is 10.6. The van der Waals surface area contributed by atoms with Crippen molar-refractivity contribution in [3.63, 3.8) is 0 Å². The number of hydrogen-bond acceptors (Lipinski definition) is 4. The summed E-state index contributed by atoms with van der Waals surface area (Å²) in [5.74, 6) is -0.0818. The molecule has 0 aromatic heterocycles. The molecule has 1 heterocycles. The lowest BCUT2D eigenvalue weighted by Gasteiger charge is -2.28. The van der Waals surface area contributed by atoms with Crippen LogP contribution in [0.25, 0.3) is 6.08 Å². The summed E-state index contributed by atoms with van der Waals surface area (Å²) in [5.41, 5.74) is 1.15. The van der Waals surface area contributed by atoms with Gasteiger partial charge in [-0.25, -0.2) is 0 Å². The highest BCUT2D eigenvalue weighted by Gasteiger charge is 2.40. The SMILES string of the molecule is CC(=O)N(C)c1ccc(C=C2OC(=S)N(C(C)(C)C)C2=O)cc1. The van der Waals surface area contributed by atoms with Crippen LogP contribution in [0.3, 0.4) is 0 Å². The van der Waals surface area contributed by atoms with Gasteiger partial charge in [0.15, 0.2) is 5.76 Å². The number of amides is 2. The van der Waals surface area contributed by atoms with Crippen LogP contribution in [0.2, 0.25) is 0 Å². The van der Waals surface area contributed by atoms with Crippen LogP contribution in [-0.2, 0) is 14.3 Å². The summed E-state index contributed by atoms with van der Waals surface area (Å²) < 4.78 is 5.44. The summed E-state index contributed by atoms with van der Waals surface area (Å²) in [6.45, 7) is 7.20. The first-order valence-electron chi connectivity index (χ1n) is 7.23. The smallest absolute Gasteiger partial charge is 0.297 e. The molecule has 0 atom stereocenters. The molecule has 1 aliphatic rings. The van der Waals surface area contributed by atoms with E-state index in [2.05, 4.69) is 0 Å². The second-order valence-electron chi connectivity index (χ2n) is 6.36. The van der Waals surface area contributed by atoms with Crippen molar-refractivity contribution in [3.8, 4) is 0 Å². The molecule has 0 spiro atoms. The van der Waals surface area contributed by atoms with Gasteiger partial charge >= 0.3 is 0 Å². The van der Waals surface area contributed by atoms with Gasteiger partial charge in [0.05, 0.1) is 0 Å². The van der Waals surface area contributed by atoms with Gasteiger partial charge in [0.2, 0.25) is 5.91 Å². The van der Waals surface area contributed by atoms with Gasteiger partial charge in [0.25, 0.3) is 11.1 Å². The molecule has 1 aromatic rings. The van der Waals surface area contributed by atoms with E-state index < -0.39 is 5.54 Å². The van der Waals surface area contributed by atoms with Crippen molar-refractivity contribution in [2.75, 3.05) is 11.9 Å². The molecule has 0 N–H and O–H groups in total. The van der Waals surface area contributed by atoms with Crippen LogP contribution >= 0.6 is 12.2 Å². The topological polar surface area (TPSA) is 49.9 Å². The monoisotopic (exact) mass is 332 g/mol. The Kier molecular flexibility index (Phi) is 4.56. The highest BCUT2D eigenvalue weighted by molar-refractivity contribution is 7.80. The van der Waals surface area contributed by atoms with E-state index in [-0.39, 0.29) is 22.7 Å². The second kappa shape index (κ2) is 6.12. The average molecular weight is 332 g/mol. The van der Waals surface area contributed by atoms with Crippen LogP contribution in [0.15, 0.2) is 30.0 Å². The van der Waals surface area contributed by atoms with E-state index in [1.807, 2.05) is 45.0 Å². The molecule has 0 aliphatic carbocycles. The highest BCUT2D eigenvalue weighted by Crippen LogP contribution is 2.27. The van der Waals surface area contributed by atoms with Gasteiger partial charge in [-0.05, 0) is 56.8 Å². The molecule has 122 valence electrons. The highest BCUT2D eigenvalue weighted by atomic mass is 32.1. The predicted molar refractivity (Wildman–Crippen MR) is 93.8 cm³/mol. The van der Waals surface area contributed by atoms with E-state index >= 15 is 0 Å². The van der Waals surface area contributed by atoms with Gasteiger partial charge in [-0.15, -0.1) is 0 Å². The number of anilines is 1. The summed E-state index contributed by atoms with van der Waals surface area (Å²) >= 11 is 5.14.